The standard InChI is InChI=1S/2C10H8N2.3ClH.Co/c2*1-3-7-11-9(5-1)10-6-2-4-8-12-10;;;;/h2*1-8H;3*1H;/q;;;;;+3/p-3. The van der Waals surface area contributed by atoms with E-state index in [1.54, 1.807) is 24.8 Å². The molecule has 0 aliphatic heterocycles. The molecule has 146 valence electrons. The molecule has 0 saturated heterocycles. The first-order chi connectivity index (χ1) is 11.9. The van der Waals surface area contributed by atoms with Crippen LogP contribution in [0.25, 0.3) is 22.8 Å². The van der Waals surface area contributed by atoms with Crippen molar-refractivity contribution in [2.75, 3.05) is 0 Å². The number of pyridine rings is 4. The molecule has 4 aromatic heterocycles. The Morgan fingerprint density at radius 1 is 0.357 bits per heavy atom. The van der Waals surface area contributed by atoms with Gasteiger partial charge in [-0.3, -0.25) is 19.9 Å². The molecule has 8 heteroatoms. The molecular formula is C20H16Cl3CoN4. The van der Waals surface area contributed by atoms with Gasteiger partial charge in [0.25, 0.3) is 0 Å². The minimum absolute atomic E-state index is 0. The van der Waals surface area contributed by atoms with Crippen LogP contribution >= 0.6 is 0 Å². The van der Waals surface area contributed by atoms with Gasteiger partial charge in [0.2, 0.25) is 0 Å². The van der Waals surface area contributed by atoms with Gasteiger partial charge in [-0.25, -0.2) is 0 Å². The van der Waals surface area contributed by atoms with Crippen LogP contribution in [0.1, 0.15) is 0 Å². The Morgan fingerprint density at radius 3 is 0.714 bits per heavy atom. The van der Waals surface area contributed by atoms with E-state index in [2.05, 4.69) is 19.9 Å². The Bertz CT molecular complexity index is 705. The first-order valence-corrected chi connectivity index (χ1v) is 7.58. The number of nitrogens with zero attached hydrogens (tertiary/aromatic N) is 4. The molecule has 4 heterocycles. The molecule has 0 aliphatic carbocycles. The summed E-state index contributed by atoms with van der Waals surface area (Å²) >= 11 is 0. The van der Waals surface area contributed by atoms with Crippen molar-refractivity contribution in [3.8, 4) is 22.8 Å². The normalized spacial score (nSPS) is 8.29. The molecule has 0 atom stereocenters. The van der Waals surface area contributed by atoms with Gasteiger partial charge >= 0.3 is 16.8 Å². The Kier molecular flexibility index (Phi) is 16.1. The fraction of sp³-hybridized carbons (Fsp3) is 0. The number of halogens is 3. The van der Waals surface area contributed by atoms with E-state index in [4.69, 9.17) is 0 Å². The summed E-state index contributed by atoms with van der Waals surface area (Å²) in [6, 6.07) is 23.2. The van der Waals surface area contributed by atoms with Crippen LogP contribution in [-0.2, 0) is 16.8 Å². The second kappa shape index (κ2) is 16.0. The van der Waals surface area contributed by atoms with E-state index < -0.39 is 0 Å². The molecule has 4 nitrogen and oxygen atoms in total. The van der Waals surface area contributed by atoms with Crippen LogP contribution in [0.2, 0.25) is 0 Å². The predicted molar refractivity (Wildman–Crippen MR) is 94.9 cm³/mol. The maximum Gasteiger partial charge on any atom is 3.00 e. The Labute approximate surface area is 193 Å². The molecular weight excluding hydrogens is 462 g/mol. The van der Waals surface area contributed by atoms with E-state index in [-0.39, 0.29) is 54.0 Å². The van der Waals surface area contributed by atoms with Crippen LogP contribution in [0.15, 0.2) is 97.6 Å². The number of hydrogen-bond donors (Lipinski definition) is 0. The molecule has 4 aromatic rings. The van der Waals surface area contributed by atoms with E-state index in [9.17, 15) is 0 Å². The molecule has 0 radical (unpaired) electrons. The average molecular weight is 478 g/mol. The van der Waals surface area contributed by atoms with Crippen LogP contribution in [0.3, 0.4) is 0 Å². The Morgan fingerprint density at radius 2 is 0.571 bits per heavy atom. The number of rotatable bonds is 2. The van der Waals surface area contributed by atoms with E-state index >= 15 is 0 Å². The topological polar surface area (TPSA) is 51.6 Å². The van der Waals surface area contributed by atoms with Crippen molar-refractivity contribution in [3.63, 3.8) is 0 Å². The molecule has 0 saturated carbocycles. The third-order valence-electron chi connectivity index (χ3n) is 3.18. The van der Waals surface area contributed by atoms with E-state index in [1.807, 2.05) is 72.8 Å². The van der Waals surface area contributed by atoms with Gasteiger partial charge in [-0.1, -0.05) is 24.3 Å². The van der Waals surface area contributed by atoms with Gasteiger partial charge in [-0.15, -0.1) is 0 Å². The van der Waals surface area contributed by atoms with Crippen molar-refractivity contribution in [1.29, 1.82) is 0 Å². The Balaban J connectivity index is 0. The summed E-state index contributed by atoms with van der Waals surface area (Å²) in [7, 11) is 0. The van der Waals surface area contributed by atoms with Crippen molar-refractivity contribution in [3.05, 3.63) is 97.6 Å². The van der Waals surface area contributed by atoms with Crippen molar-refractivity contribution in [1.82, 2.24) is 19.9 Å². The molecule has 0 spiro atoms. The summed E-state index contributed by atoms with van der Waals surface area (Å²) in [4.78, 5) is 16.7. The van der Waals surface area contributed by atoms with E-state index in [0.717, 1.165) is 22.8 Å². The molecule has 0 bridgehead atoms. The maximum absolute atomic E-state index is 4.19. The van der Waals surface area contributed by atoms with Gasteiger partial charge < -0.3 is 37.2 Å². The van der Waals surface area contributed by atoms with Crippen LogP contribution in [-0.4, -0.2) is 19.9 Å². The van der Waals surface area contributed by atoms with Crippen LogP contribution < -0.4 is 37.2 Å². The molecule has 0 fully saturated rings. The summed E-state index contributed by atoms with van der Waals surface area (Å²) in [6.45, 7) is 0. The zero-order valence-corrected chi connectivity index (χ0v) is 17.8. The van der Waals surface area contributed by atoms with Crippen LogP contribution in [0.4, 0.5) is 0 Å². The summed E-state index contributed by atoms with van der Waals surface area (Å²) in [5.74, 6) is 0. The van der Waals surface area contributed by atoms with Crippen molar-refractivity contribution >= 4 is 0 Å². The summed E-state index contributed by atoms with van der Waals surface area (Å²) < 4.78 is 0. The van der Waals surface area contributed by atoms with Gasteiger partial charge in [0.15, 0.2) is 0 Å². The van der Waals surface area contributed by atoms with Crippen molar-refractivity contribution in [2.24, 2.45) is 0 Å². The molecule has 0 aliphatic rings. The largest absolute Gasteiger partial charge is 3.00 e. The molecule has 0 amide bonds. The van der Waals surface area contributed by atoms with Crippen LogP contribution in [0, 0.1) is 0 Å². The third kappa shape index (κ3) is 8.78. The molecule has 0 N–H and O–H groups in total. The zero-order chi connectivity index (χ0) is 16.5. The monoisotopic (exact) mass is 476 g/mol. The zero-order valence-electron chi connectivity index (χ0n) is 14.5. The fourth-order valence-electron chi connectivity index (χ4n) is 2.06. The average Bonchev–Trinajstić information content (AvgIpc) is 2.71. The SMILES string of the molecule is [Cl-].[Cl-].[Cl-].[Co+3].c1ccc(-c2ccccn2)nc1.c1ccc(-c2ccccn2)nc1. The minimum atomic E-state index is 0. The first kappa shape index (κ1) is 28.2. The van der Waals surface area contributed by atoms with Crippen molar-refractivity contribution in [2.45, 2.75) is 0 Å². The number of hydrogen-bond acceptors (Lipinski definition) is 4. The van der Waals surface area contributed by atoms with Crippen LogP contribution in [0.5, 0.6) is 0 Å². The molecule has 4 rings (SSSR count). The fourth-order valence-corrected chi connectivity index (χ4v) is 2.06. The summed E-state index contributed by atoms with van der Waals surface area (Å²) in [5, 5.41) is 0. The quantitative estimate of drug-likeness (QED) is 0.291. The first-order valence-electron chi connectivity index (χ1n) is 7.58. The third-order valence-corrected chi connectivity index (χ3v) is 3.18. The predicted octanol–water partition coefficient (Wildman–Crippen LogP) is -4.70. The smallest absolute Gasteiger partial charge is 1.00 e. The minimum Gasteiger partial charge on any atom is -1.00 e. The van der Waals surface area contributed by atoms with Gasteiger partial charge in [-0.2, -0.15) is 0 Å². The van der Waals surface area contributed by atoms with Gasteiger partial charge in [0.05, 0.1) is 22.8 Å². The number of aromatic nitrogens is 4. The summed E-state index contributed by atoms with van der Waals surface area (Å²) in [5.41, 5.74) is 3.66. The van der Waals surface area contributed by atoms with E-state index in [0.29, 0.717) is 0 Å². The second-order valence-electron chi connectivity index (χ2n) is 4.86. The van der Waals surface area contributed by atoms with Gasteiger partial charge in [-0.05, 0) is 48.5 Å². The van der Waals surface area contributed by atoms with E-state index in [1.165, 1.54) is 0 Å². The maximum atomic E-state index is 4.19. The van der Waals surface area contributed by atoms with Crippen molar-refractivity contribution < 1.29 is 54.0 Å². The summed E-state index contributed by atoms with van der Waals surface area (Å²) in [6.07, 6.45) is 7.07. The Hall–Kier alpha value is -2.02. The molecule has 28 heavy (non-hydrogen) atoms. The van der Waals surface area contributed by atoms with Gasteiger partial charge in [0.1, 0.15) is 0 Å². The molecule has 0 unspecified atom stereocenters. The van der Waals surface area contributed by atoms with Gasteiger partial charge in [0, 0.05) is 24.8 Å². The molecule has 0 aromatic carbocycles. The second-order valence-corrected chi connectivity index (χ2v) is 4.86.